The summed E-state index contributed by atoms with van der Waals surface area (Å²) in [6.07, 6.45) is 4.33. The fourth-order valence-electron chi connectivity index (χ4n) is 3.73. The van der Waals surface area contributed by atoms with Crippen molar-refractivity contribution in [3.05, 3.63) is 65.7 Å². The lowest BCUT2D eigenvalue weighted by molar-refractivity contribution is -0.142. The highest BCUT2D eigenvalue weighted by Gasteiger charge is 2.28. The van der Waals surface area contributed by atoms with Gasteiger partial charge in [0.25, 0.3) is 5.91 Å². The second-order valence-corrected chi connectivity index (χ2v) is 7.78. The number of rotatable bonds is 8. The van der Waals surface area contributed by atoms with E-state index in [1.54, 1.807) is 11.8 Å². The van der Waals surface area contributed by atoms with E-state index in [0.717, 1.165) is 36.8 Å². The Labute approximate surface area is 173 Å². The Hall–Kier alpha value is -2.82. The first kappa shape index (κ1) is 20.9. The summed E-state index contributed by atoms with van der Waals surface area (Å²) in [4.78, 5) is 27.5. The number of hydrogen-bond donors (Lipinski definition) is 1. The Morgan fingerprint density at radius 2 is 1.83 bits per heavy atom. The number of benzene rings is 2. The van der Waals surface area contributed by atoms with Crippen LogP contribution in [0.1, 0.15) is 43.7 Å². The van der Waals surface area contributed by atoms with E-state index in [-0.39, 0.29) is 24.5 Å². The van der Waals surface area contributed by atoms with Gasteiger partial charge in [0.1, 0.15) is 11.8 Å². The molecular weight excluding hydrogens is 364 g/mol. The molecule has 0 aliphatic heterocycles. The zero-order valence-electron chi connectivity index (χ0n) is 17.3. The molecule has 1 atom stereocenters. The summed E-state index contributed by atoms with van der Waals surface area (Å²) in [5, 5.41) is 3.11. The van der Waals surface area contributed by atoms with Crippen molar-refractivity contribution in [1.82, 2.24) is 10.2 Å². The number of nitrogens with zero attached hydrogens (tertiary/aromatic N) is 1. The van der Waals surface area contributed by atoms with E-state index in [2.05, 4.69) is 5.32 Å². The number of carbonyl (C=O) groups is 2. The van der Waals surface area contributed by atoms with Crippen molar-refractivity contribution < 1.29 is 14.3 Å². The van der Waals surface area contributed by atoms with E-state index in [4.69, 9.17) is 4.74 Å². The van der Waals surface area contributed by atoms with Crippen molar-refractivity contribution in [2.45, 2.75) is 58.2 Å². The Morgan fingerprint density at radius 1 is 1.10 bits per heavy atom. The van der Waals surface area contributed by atoms with E-state index in [1.165, 1.54) is 0 Å². The summed E-state index contributed by atoms with van der Waals surface area (Å²) in [6.45, 7) is 4.08. The molecular formula is C24H30N2O3. The molecule has 0 saturated heterocycles. The van der Waals surface area contributed by atoms with Gasteiger partial charge in [-0.2, -0.15) is 0 Å². The lowest BCUT2D eigenvalue weighted by atomic mass is 10.1. The van der Waals surface area contributed by atoms with Crippen LogP contribution in [0.2, 0.25) is 0 Å². The van der Waals surface area contributed by atoms with Gasteiger partial charge < -0.3 is 15.0 Å². The number of carbonyl (C=O) groups excluding carboxylic acids is 2. The number of hydrogen-bond acceptors (Lipinski definition) is 3. The summed E-state index contributed by atoms with van der Waals surface area (Å²) in [6, 6.07) is 16.9. The van der Waals surface area contributed by atoms with Crippen LogP contribution in [0, 0.1) is 6.92 Å². The van der Waals surface area contributed by atoms with Crippen LogP contribution in [0.15, 0.2) is 54.6 Å². The van der Waals surface area contributed by atoms with Gasteiger partial charge in [-0.25, -0.2) is 0 Å². The third kappa shape index (κ3) is 6.08. The van der Waals surface area contributed by atoms with Crippen molar-refractivity contribution >= 4 is 11.8 Å². The van der Waals surface area contributed by atoms with Crippen LogP contribution < -0.4 is 10.1 Å². The van der Waals surface area contributed by atoms with Crippen molar-refractivity contribution in [1.29, 1.82) is 0 Å². The molecule has 1 fully saturated rings. The molecule has 1 aliphatic carbocycles. The predicted octanol–water partition coefficient (Wildman–Crippen LogP) is 3.85. The average Bonchev–Trinajstić information content (AvgIpc) is 3.23. The molecule has 29 heavy (non-hydrogen) atoms. The minimum Gasteiger partial charge on any atom is -0.484 e. The molecule has 1 unspecified atom stereocenters. The van der Waals surface area contributed by atoms with Gasteiger partial charge >= 0.3 is 0 Å². The van der Waals surface area contributed by atoms with Crippen molar-refractivity contribution in [2.75, 3.05) is 6.61 Å². The highest BCUT2D eigenvalue weighted by atomic mass is 16.5. The fraction of sp³-hybridized carbons (Fsp3) is 0.417. The van der Waals surface area contributed by atoms with E-state index >= 15 is 0 Å². The summed E-state index contributed by atoms with van der Waals surface area (Å²) in [5.41, 5.74) is 2.12. The van der Waals surface area contributed by atoms with E-state index in [9.17, 15) is 9.59 Å². The number of ether oxygens (including phenoxy) is 1. The number of nitrogens with one attached hydrogen (secondary N) is 1. The molecule has 0 aromatic heterocycles. The van der Waals surface area contributed by atoms with E-state index < -0.39 is 6.04 Å². The van der Waals surface area contributed by atoms with Crippen LogP contribution in [0.25, 0.3) is 0 Å². The largest absolute Gasteiger partial charge is 0.484 e. The first-order valence-electron chi connectivity index (χ1n) is 10.4. The van der Waals surface area contributed by atoms with Gasteiger partial charge in [-0.15, -0.1) is 0 Å². The Kier molecular flexibility index (Phi) is 7.28. The van der Waals surface area contributed by atoms with Gasteiger partial charge in [0, 0.05) is 12.6 Å². The van der Waals surface area contributed by atoms with Crippen LogP contribution >= 0.6 is 0 Å². The molecule has 2 aromatic rings. The lowest BCUT2D eigenvalue weighted by Gasteiger charge is -2.29. The van der Waals surface area contributed by atoms with Crippen LogP contribution in [-0.4, -0.2) is 35.4 Å². The topological polar surface area (TPSA) is 58.6 Å². The van der Waals surface area contributed by atoms with Gasteiger partial charge in [0.15, 0.2) is 6.61 Å². The second kappa shape index (κ2) is 10.1. The summed E-state index contributed by atoms with van der Waals surface area (Å²) >= 11 is 0. The minimum absolute atomic E-state index is 0.0994. The maximum atomic E-state index is 13.0. The SMILES string of the molecule is Cc1cccc(CN(C(=O)COc2ccccc2)C(C)C(=O)NC2CCCC2)c1. The zero-order valence-corrected chi connectivity index (χ0v) is 17.3. The standard InChI is InChI=1S/C24H30N2O3/c1-18-9-8-10-20(15-18)16-26(19(2)24(28)25-21-11-6-7-12-21)23(27)17-29-22-13-4-3-5-14-22/h3-5,8-10,13-15,19,21H,6-7,11-12,16-17H2,1-2H3,(H,25,28). The number of amides is 2. The monoisotopic (exact) mass is 394 g/mol. The molecule has 1 aliphatic rings. The number of aryl methyl sites for hydroxylation is 1. The molecule has 1 saturated carbocycles. The van der Waals surface area contributed by atoms with Crippen molar-refractivity contribution in [3.63, 3.8) is 0 Å². The third-order valence-electron chi connectivity index (χ3n) is 5.41. The minimum atomic E-state index is -0.567. The van der Waals surface area contributed by atoms with Gasteiger partial charge in [0.05, 0.1) is 0 Å². The fourth-order valence-corrected chi connectivity index (χ4v) is 3.73. The van der Waals surface area contributed by atoms with E-state index in [0.29, 0.717) is 12.3 Å². The highest BCUT2D eigenvalue weighted by Crippen LogP contribution is 2.19. The molecule has 5 heteroatoms. The van der Waals surface area contributed by atoms with Crippen molar-refractivity contribution in [3.8, 4) is 5.75 Å². The van der Waals surface area contributed by atoms with Crippen LogP contribution in [-0.2, 0) is 16.1 Å². The smallest absolute Gasteiger partial charge is 0.261 e. The molecule has 0 heterocycles. The molecule has 1 N–H and O–H groups in total. The molecule has 154 valence electrons. The first-order valence-corrected chi connectivity index (χ1v) is 10.4. The zero-order chi connectivity index (χ0) is 20.6. The average molecular weight is 395 g/mol. The number of para-hydroxylation sites is 1. The van der Waals surface area contributed by atoms with Gasteiger partial charge in [-0.3, -0.25) is 9.59 Å². The summed E-state index contributed by atoms with van der Waals surface area (Å²) in [7, 11) is 0. The van der Waals surface area contributed by atoms with E-state index in [1.807, 2.05) is 61.5 Å². The molecule has 3 rings (SSSR count). The normalized spacial score (nSPS) is 15.0. The summed E-state index contributed by atoms with van der Waals surface area (Å²) in [5.74, 6) is 0.335. The van der Waals surface area contributed by atoms with Gasteiger partial charge in [-0.05, 0) is 44.4 Å². The molecule has 5 nitrogen and oxygen atoms in total. The molecule has 0 spiro atoms. The lowest BCUT2D eigenvalue weighted by Crippen LogP contribution is -2.50. The van der Waals surface area contributed by atoms with Crippen LogP contribution in [0.5, 0.6) is 5.75 Å². The Balaban J connectivity index is 1.70. The maximum Gasteiger partial charge on any atom is 0.261 e. The first-order chi connectivity index (χ1) is 14.0. The molecule has 0 bridgehead atoms. The van der Waals surface area contributed by atoms with Crippen LogP contribution in [0.3, 0.4) is 0 Å². The predicted molar refractivity (Wildman–Crippen MR) is 114 cm³/mol. The Bertz CT molecular complexity index is 816. The second-order valence-electron chi connectivity index (χ2n) is 7.78. The quantitative estimate of drug-likeness (QED) is 0.740. The van der Waals surface area contributed by atoms with Crippen LogP contribution in [0.4, 0.5) is 0 Å². The molecule has 2 aromatic carbocycles. The third-order valence-corrected chi connectivity index (χ3v) is 5.41. The molecule has 0 radical (unpaired) electrons. The summed E-state index contributed by atoms with van der Waals surface area (Å²) < 4.78 is 5.65. The van der Waals surface area contributed by atoms with Gasteiger partial charge in [0.2, 0.25) is 5.91 Å². The molecule has 2 amide bonds. The van der Waals surface area contributed by atoms with Crippen molar-refractivity contribution in [2.24, 2.45) is 0 Å². The highest BCUT2D eigenvalue weighted by molar-refractivity contribution is 5.88. The maximum absolute atomic E-state index is 13.0. The Morgan fingerprint density at radius 3 is 2.52 bits per heavy atom. The van der Waals surface area contributed by atoms with Gasteiger partial charge in [-0.1, -0.05) is 60.9 Å².